The fourth-order valence-corrected chi connectivity index (χ4v) is 4.02. The van der Waals surface area contributed by atoms with E-state index in [9.17, 15) is 14.7 Å². The monoisotopic (exact) mass is 439 g/mol. The van der Waals surface area contributed by atoms with Gasteiger partial charge < -0.3 is 14.6 Å². The second-order valence-electron chi connectivity index (χ2n) is 9.33. The van der Waals surface area contributed by atoms with Gasteiger partial charge in [-0.3, -0.25) is 4.90 Å². The molecule has 0 saturated heterocycles. The van der Waals surface area contributed by atoms with Crippen LogP contribution in [-0.4, -0.2) is 54.5 Å². The van der Waals surface area contributed by atoms with Crippen molar-refractivity contribution in [1.29, 1.82) is 0 Å². The van der Waals surface area contributed by atoms with Crippen molar-refractivity contribution in [2.45, 2.75) is 46.1 Å². The van der Waals surface area contributed by atoms with Crippen LogP contribution in [0.4, 0.5) is 4.79 Å². The van der Waals surface area contributed by atoms with Crippen LogP contribution < -0.4 is 0 Å². The number of likely N-dealkylation sites (N-methyl/N-ethyl adjacent to an activating group) is 1. The summed E-state index contributed by atoms with van der Waals surface area (Å²) in [6, 6.07) is 15.1. The molecule has 2 aromatic rings. The van der Waals surface area contributed by atoms with Gasteiger partial charge in [0.2, 0.25) is 0 Å². The zero-order valence-corrected chi connectivity index (χ0v) is 19.3. The molecule has 172 valence electrons. The fraction of sp³-hybridized carbons (Fsp3) is 0.462. The quantitative estimate of drug-likeness (QED) is 0.546. The molecule has 32 heavy (non-hydrogen) atoms. The topological polar surface area (TPSA) is 76.1 Å². The molecule has 1 N–H and O–H groups in total. The average molecular weight is 440 g/mol. The lowest BCUT2D eigenvalue weighted by Gasteiger charge is -2.28. The number of carboxylic acid groups (broad SMARTS) is 1. The predicted octanol–water partition coefficient (Wildman–Crippen LogP) is 5.16. The van der Waals surface area contributed by atoms with E-state index in [0.717, 1.165) is 28.7 Å². The number of hydrogen-bond donors (Lipinski definition) is 1. The molecule has 0 bridgehead atoms. The van der Waals surface area contributed by atoms with Crippen LogP contribution in [0.25, 0.3) is 11.1 Å². The Morgan fingerprint density at radius 2 is 1.59 bits per heavy atom. The molecule has 1 atom stereocenters. The third-order valence-corrected chi connectivity index (χ3v) is 5.84. The first-order valence-corrected chi connectivity index (χ1v) is 11.1. The molecule has 2 aromatic carbocycles. The smallest absolute Gasteiger partial charge is 0.410 e. The Labute approximate surface area is 190 Å². The molecule has 0 radical (unpaired) electrons. The van der Waals surface area contributed by atoms with E-state index in [1.807, 2.05) is 24.3 Å². The van der Waals surface area contributed by atoms with Crippen molar-refractivity contribution in [3.63, 3.8) is 0 Å². The van der Waals surface area contributed by atoms with Crippen molar-refractivity contribution < 1.29 is 24.2 Å². The van der Waals surface area contributed by atoms with Crippen LogP contribution in [0.15, 0.2) is 48.5 Å². The van der Waals surface area contributed by atoms with Crippen molar-refractivity contribution >= 4 is 12.1 Å². The minimum Gasteiger partial charge on any atom is -0.480 e. The summed E-state index contributed by atoms with van der Waals surface area (Å²) in [4.78, 5) is 26.0. The Kier molecular flexibility index (Phi) is 7.56. The van der Waals surface area contributed by atoms with Crippen LogP contribution in [0, 0.1) is 5.41 Å². The molecule has 0 saturated carbocycles. The van der Waals surface area contributed by atoms with E-state index in [2.05, 4.69) is 45.0 Å². The molecule has 0 fully saturated rings. The largest absolute Gasteiger partial charge is 0.480 e. The maximum Gasteiger partial charge on any atom is 0.410 e. The molecule has 1 aliphatic rings. The summed E-state index contributed by atoms with van der Waals surface area (Å²) < 4.78 is 11.3. The highest BCUT2D eigenvalue weighted by Gasteiger charge is 2.33. The number of carbonyl (C=O) groups is 2. The second-order valence-corrected chi connectivity index (χ2v) is 9.33. The van der Waals surface area contributed by atoms with E-state index >= 15 is 0 Å². The molecule has 1 amide bonds. The number of fused-ring (bicyclic) bond motifs is 3. The standard InChI is InChI=1S/C26H33NO5/c1-5-27(23(24(28)29)17-31-15-14-26(2,3)4)25(30)32-16-22-20-12-8-6-10-18(20)19-11-7-9-13-21(19)22/h6-13,22-23H,5,14-17H2,1-4H3,(H,28,29)/t23-/m0/s1. The molecular formula is C26H33NO5. The van der Waals surface area contributed by atoms with Gasteiger partial charge in [-0.2, -0.15) is 0 Å². The van der Waals surface area contributed by atoms with E-state index in [1.54, 1.807) is 6.92 Å². The van der Waals surface area contributed by atoms with E-state index in [0.29, 0.717) is 6.61 Å². The molecule has 0 heterocycles. The first-order valence-electron chi connectivity index (χ1n) is 11.1. The van der Waals surface area contributed by atoms with Crippen LogP contribution in [0.3, 0.4) is 0 Å². The van der Waals surface area contributed by atoms with Crippen LogP contribution in [-0.2, 0) is 14.3 Å². The average Bonchev–Trinajstić information content (AvgIpc) is 3.07. The van der Waals surface area contributed by atoms with Crippen molar-refractivity contribution in [1.82, 2.24) is 4.90 Å². The number of carboxylic acids is 1. The first-order chi connectivity index (χ1) is 15.2. The normalized spacial score (nSPS) is 13.9. The number of aliphatic carboxylic acids is 1. The molecule has 0 aromatic heterocycles. The number of amides is 1. The van der Waals surface area contributed by atoms with Crippen LogP contribution in [0.1, 0.15) is 51.2 Å². The van der Waals surface area contributed by atoms with Crippen LogP contribution in [0.2, 0.25) is 0 Å². The molecule has 6 nitrogen and oxygen atoms in total. The number of carbonyl (C=O) groups excluding carboxylic acids is 1. The molecule has 1 aliphatic carbocycles. The lowest BCUT2D eigenvalue weighted by atomic mass is 9.93. The zero-order valence-electron chi connectivity index (χ0n) is 19.3. The van der Waals surface area contributed by atoms with Gasteiger partial charge >= 0.3 is 12.1 Å². The molecule has 0 unspecified atom stereocenters. The number of hydrogen-bond acceptors (Lipinski definition) is 4. The lowest BCUT2D eigenvalue weighted by Crippen LogP contribution is -2.48. The molecule has 0 spiro atoms. The first kappa shape index (κ1) is 23.8. The van der Waals surface area contributed by atoms with Crippen molar-refractivity contribution in [2.75, 3.05) is 26.4 Å². The van der Waals surface area contributed by atoms with E-state index in [1.165, 1.54) is 4.90 Å². The van der Waals surface area contributed by atoms with Gasteiger partial charge in [-0.1, -0.05) is 69.3 Å². The van der Waals surface area contributed by atoms with Gasteiger partial charge in [0.15, 0.2) is 6.04 Å². The lowest BCUT2D eigenvalue weighted by molar-refractivity contribution is -0.145. The second kappa shape index (κ2) is 10.2. The maximum atomic E-state index is 12.9. The van der Waals surface area contributed by atoms with Crippen LogP contribution >= 0.6 is 0 Å². The molecule has 6 heteroatoms. The fourth-order valence-electron chi connectivity index (χ4n) is 4.02. The van der Waals surface area contributed by atoms with Crippen molar-refractivity contribution in [3.8, 4) is 11.1 Å². The number of nitrogens with zero attached hydrogens (tertiary/aromatic N) is 1. The van der Waals surface area contributed by atoms with Gasteiger partial charge in [-0.15, -0.1) is 0 Å². The van der Waals surface area contributed by atoms with Crippen molar-refractivity contribution in [3.05, 3.63) is 59.7 Å². The zero-order chi connectivity index (χ0) is 23.3. The van der Waals surface area contributed by atoms with Gasteiger partial charge in [-0.25, -0.2) is 9.59 Å². The summed E-state index contributed by atoms with van der Waals surface area (Å²) in [7, 11) is 0. The Bertz CT molecular complexity index is 904. The number of benzene rings is 2. The van der Waals surface area contributed by atoms with Crippen molar-refractivity contribution in [2.24, 2.45) is 5.41 Å². The third kappa shape index (κ3) is 5.49. The minimum absolute atomic E-state index is 0.0660. The van der Waals surface area contributed by atoms with Gasteiger partial charge in [0, 0.05) is 19.1 Å². The Balaban J connectivity index is 1.66. The molecule has 0 aliphatic heterocycles. The van der Waals surface area contributed by atoms with Gasteiger partial charge in [0.05, 0.1) is 6.61 Å². The minimum atomic E-state index is -1.10. The Hall–Kier alpha value is -2.86. The highest BCUT2D eigenvalue weighted by atomic mass is 16.6. The predicted molar refractivity (Wildman–Crippen MR) is 124 cm³/mol. The van der Waals surface area contributed by atoms with E-state index in [4.69, 9.17) is 9.47 Å². The van der Waals surface area contributed by atoms with E-state index in [-0.39, 0.29) is 31.1 Å². The summed E-state index contributed by atoms with van der Waals surface area (Å²) in [5.74, 6) is -1.17. The highest BCUT2D eigenvalue weighted by Crippen LogP contribution is 2.44. The van der Waals surface area contributed by atoms with Gasteiger partial charge in [-0.05, 0) is 41.0 Å². The van der Waals surface area contributed by atoms with E-state index < -0.39 is 18.1 Å². The Morgan fingerprint density at radius 1 is 1.03 bits per heavy atom. The maximum absolute atomic E-state index is 12.9. The molecular weight excluding hydrogens is 406 g/mol. The highest BCUT2D eigenvalue weighted by molar-refractivity contribution is 5.81. The third-order valence-electron chi connectivity index (χ3n) is 5.84. The van der Waals surface area contributed by atoms with Gasteiger partial charge in [0.1, 0.15) is 6.61 Å². The molecule has 3 rings (SSSR count). The number of rotatable bonds is 9. The number of ether oxygens (including phenoxy) is 2. The summed E-state index contributed by atoms with van der Waals surface area (Å²) in [5, 5.41) is 9.69. The summed E-state index contributed by atoms with van der Waals surface area (Å²) in [6.45, 7) is 8.78. The summed E-state index contributed by atoms with van der Waals surface area (Å²) in [5.41, 5.74) is 4.62. The summed E-state index contributed by atoms with van der Waals surface area (Å²) >= 11 is 0. The SMILES string of the molecule is CCN(C(=O)OCC1c2ccccc2-c2ccccc21)[C@@H](COCCC(C)(C)C)C(=O)O. The summed E-state index contributed by atoms with van der Waals surface area (Å²) in [6.07, 6.45) is 0.164. The van der Waals surface area contributed by atoms with Gasteiger partial charge in [0.25, 0.3) is 0 Å². The van der Waals surface area contributed by atoms with Crippen LogP contribution in [0.5, 0.6) is 0 Å². The Morgan fingerprint density at radius 3 is 2.09 bits per heavy atom.